The van der Waals surface area contributed by atoms with E-state index >= 15 is 0 Å². The van der Waals surface area contributed by atoms with Gasteiger partial charge in [0.15, 0.2) is 5.78 Å². The fraction of sp³-hybridized carbons (Fsp3) is 0.364. The molecule has 0 unspecified atom stereocenters. The molecule has 3 heteroatoms. The van der Waals surface area contributed by atoms with Gasteiger partial charge in [0.25, 0.3) is 0 Å². The normalized spacial score (nSPS) is 19.2. The number of ketones is 1. The van der Waals surface area contributed by atoms with Crippen molar-refractivity contribution in [3.63, 3.8) is 0 Å². The van der Waals surface area contributed by atoms with Gasteiger partial charge < -0.3 is 0 Å². The third kappa shape index (κ3) is 1.46. The Morgan fingerprint density at radius 3 is 2.86 bits per heavy atom. The van der Waals surface area contributed by atoms with Crippen molar-refractivity contribution in [2.45, 2.75) is 24.3 Å². The molecule has 0 bridgehead atoms. The average Bonchev–Trinajstić information content (AvgIpc) is 2.13. The summed E-state index contributed by atoms with van der Waals surface area (Å²) in [5.41, 5.74) is 1.49. The van der Waals surface area contributed by atoms with Gasteiger partial charge in [-0.1, -0.05) is 6.07 Å². The fourth-order valence-electron chi connectivity index (χ4n) is 1.53. The van der Waals surface area contributed by atoms with Gasteiger partial charge in [-0.25, -0.2) is 4.39 Å². The molecule has 0 saturated carbocycles. The molecule has 0 fully saturated rings. The third-order valence-electron chi connectivity index (χ3n) is 2.45. The maximum absolute atomic E-state index is 13.0. The van der Waals surface area contributed by atoms with Crippen molar-refractivity contribution in [3.8, 4) is 0 Å². The highest BCUT2D eigenvalue weighted by atomic mass is 32.2. The first kappa shape index (κ1) is 9.71. The van der Waals surface area contributed by atoms with Crippen LogP contribution in [0.15, 0.2) is 18.2 Å². The summed E-state index contributed by atoms with van der Waals surface area (Å²) < 4.78 is 12.5. The van der Waals surface area contributed by atoms with E-state index in [9.17, 15) is 9.18 Å². The quantitative estimate of drug-likeness (QED) is 0.654. The van der Waals surface area contributed by atoms with E-state index in [0.29, 0.717) is 5.56 Å². The number of carbonyl (C=O) groups is 1. The number of halogens is 1. The molecule has 0 atom stereocenters. The number of fused-ring (bicyclic) bond motifs is 1. The first-order chi connectivity index (χ1) is 6.50. The van der Waals surface area contributed by atoms with Gasteiger partial charge in [-0.15, -0.1) is 11.8 Å². The van der Waals surface area contributed by atoms with Crippen LogP contribution in [0.25, 0.3) is 0 Å². The van der Waals surface area contributed by atoms with E-state index in [1.165, 1.54) is 12.1 Å². The number of Topliss-reactive ketones (excluding diaryl/α,β-unsaturated/α-hetero) is 1. The highest BCUT2D eigenvalue weighted by molar-refractivity contribution is 8.00. The topological polar surface area (TPSA) is 17.1 Å². The second-order valence-electron chi connectivity index (χ2n) is 3.93. The minimum absolute atomic E-state index is 0.0308. The standard InChI is InChI=1S/C11H11FOS/c1-11(2)10(13)9-5-8(12)4-3-7(9)6-14-11/h3-5H,6H2,1-2H3. The van der Waals surface area contributed by atoms with Crippen LogP contribution in [-0.4, -0.2) is 10.5 Å². The van der Waals surface area contributed by atoms with Gasteiger partial charge in [-0.05, 0) is 31.5 Å². The van der Waals surface area contributed by atoms with Gasteiger partial charge in [-0.2, -0.15) is 0 Å². The molecule has 2 rings (SSSR count). The number of rotatable bonds is 0. The molecular weight excluding hydrogens is 199 g/mol. The van der Waals surface area contributed by atoms with E-state index < -0.39 is 4.75 Å². The second kappa shape index (κ2) is 3.09. The molecule has 0 radical (unpaired) electrons. The molecule has 1 heterocycles. The van der Waals surface area contributed by atoms with Crippen molar-refractivity contribution < 1.29 is 9.18 Å². The van der Waals surface area contributed by atoms with E-state index in [4.69, 9.17) is 0 Å². The van der Waals surface area contributed by atoms with Crippen molar-refractivity contribution in [3.05, 3.63) is 35.1 Å². The van der Waals surface area contributed by atoms with Crippen LogP contribution in [0.2, 0.25) is 0 Å². The molecular formula is C11H11FOS. The zero-order chi connectivity index (χ0) is 10.3. The Morgan fingerprint density at radius 1 is 1.43 bits per heavy atom. The molecule has 0 N–H and O–H groups in total. The van der Waals surface area contributed by atoms with Crippen molar-refractivity contribution in [1.29, 1.82) is 0 Å². The smallest absolute Gasteiger partial charge is 0.178 e. The number of thioether (sulfide) groups is 1. The lowest BCUT2D eigenvalue weighted by atomic mass is 9.95. The molecule has 74 valence electrons. The van der Waals surface area contributed by atoms with Crippen LogP contribution in [-0.2, 0) is 5.75 Å². The Morgan fingerprint density at radius 2 is 2.14 bits per heavy atom. The van der Waals surface area contributed by atoms with Crippen LogP contribution in [0.5, 0.6) is 0 Å². The maximum atomic E-state index is 13.0. The van der Waals surface area contributed by atoms with Gasteiger partial charge in [0, 0.05) is 11.3 Å². The van der Waals surface area contributed by atoms with E-state index in [-0.39, 0.29) is 11.6 Å². The fourth-order valence-corrected chi connectivity index (χ4v) is 2.54. The lowest BCUT2D eigenvalue weighted by Crippen LogP contribution is -2.32. The van der Waals surface area contributed by atoms with Crippen LogP contribution >= 0.6 is 11.8 Å². The third-order valence-corrected chi connectivity index (χ3v) is 3.81. The van der Waals surface area contributed by atoms with E-state index in [0.717, 1.165) is 11.3 Å². The van der Waals surface area contributed by atoms with Gasteiger partial charge in [-0.3, -0.25) is 4.79 Å². The molecule has 0 spiro atoms. The Hall–Kier alpha value is -0.830. The summed E-state index contributed by atoms with van der Waals surface area (Å²) in [6.45, 7) is 3.77. The summed E-state index contributed by atoms with van der Waals surface area (Å²) >= 11 is 1.61. The van der Waals surface area contributed by atoms with Crippen molar-refractivity contribution >= 4 is 17.5 Å². The van der Waals surface area contributed by atoms with Gasteiger partial charge >= 0.3 is 0 Å². The Labute approximate surface area is 86.7 Å². The van der Waals surface area contributed by atoms with Gasteiger partial charge in [0.1, 0.15) is 5.82 Å². The first-order valence-corrected chi connectivity index (χ1v) is 5.46. The highest BCUT2D eigenvalue weighted by Gasteiger charge is 2.34. The number of hydrogen-bond donors (Lipinski definition) is 0. The maximum Gasteiger partial charge on any atom is 0.178 e. The number of carbonyl (C=O) groups excluding carboxylic acids is 1. The number of benzene rings is 1. The van der Waals surface area contributed by atoms with Crippen LogP contribution in [0.1, 0.15) is 29.8 Å². The Bertz CT molecular complexity index is 398. The minimum Gasteiger partial charge on any atom is -0.293 e. The summed E-state index contributed by atoms with van der Waals surface area (Å²) in [6, 6.07) is 4.45. The lowest BCUT2D eigenvalue weighted by molar-refractivity contribution is 0.0955. The monoisotopic (exact) mass is 210 g/mol. The van der Waals surface area contributed by atoms with Crippen LogP contribution < -0.4 is 0 Å². The molecule has 0 aliphatic carbocycles. The molecule has 1 aliphatic rings. The molecule has 1 aromatic carbocycles. The predicted molar refractivity (Wildman–Crippen MR) is 56.1 cm³/mol. The summed E-state index contributed by atoms with van der Waals surface area (Å²) in [5, 5.41) is 0. The van der Waals surface area contributed by atoms with Crippen molar-refractivity contribution in [2.75, 3.05) is 0 Å². The first-order valence-electron chi connectivity index (χ1n) is 4.48. The van der Waals surface area contributed by atoms with Crippen molar-refractivity contribution in [2.24, 2.45) is 0 Å². The van der Waals surface area contributed by atoms with Crippen LogP contribution in [0.4, 0.5) is 4.39 Å². The molecule has 0 amide bonds. The lowest BCUT2D eigenvalue weighted by Gasteiger charge is -2.28. The minimum atomic E-state index is -0.416. The van der Waals surface area contributed by atoms with Crippen molar-refractivity contribution in [1.82, 2.24) is 0 Å². The molecule has 1 aromatic rings. The van der Waals surface area contributed by atoms with Gasteiger partial charge in [0.2, 0.25) is 0 Å². The summed E-state index contributed by atoms with van der Waals surface area (Å²) in [4.78, 5) is 11.9. The number of hydrogen-bond acceptors (Lipinski definition) is 2. The Balaban J connectivity index is 2.54. The van der Waals surface area contributed by atoms with Crippen LogP contribution in [0.3, 0.4) is 0 Å². The highest BCUT2D eigenvalue weighted by Crippen LogP contribution is 2.38. The molecule has 0 saturated heterocycles. The summed E-state index contributed by atoms with van der Waals surface area (Å²) in [7, 11) is 0. The summed E-state index contributed by atoms with van der Waals surface area (Å²) in [5.74, 6) is 0.483. The molecule has 14 heavy (non-hydrogen) atoms. The average molecular weight is 210 g/mol. The SMILES string of the molecule is CC1(C)SCc2ccc(F)cc2C1=O. The molecule has 1 nitrogen and oxygen atoms in total. The second-order valence-corrected chi connectivity index (χ2v) is 5.53. The van der Waals surface area contributed by atoms with E-state index in [1.54, 1.807) is 17.8 Å². The predicted octanol–water partition coefficient (Wildman–Crippen LogP) is 3.03. The van der Waals surface area contributed by atoms with Gasteiger partial charge in [0.05, 0.1) is 4.75 Å². The zero-order valence-electron chi connectivity index (χ0n) is 8.13. The molecule has 0 aromatic heterocycles. The van der Waals surface area contributed by atoms with Crippen LogP contribution in [0, 0.1) is 5.82 Å². The molecule has 1 aliphatic heterocycles. The summed E-state index contributed by atoms with van der Waals surface area (Å²) in [6.07, 6.45) is 0. The Kier molecular flexibility index (Phi) is 2.14. The largest absolute Gasteiger partial charge is 0.293 e. The van der Waals surface area contributed by atoms with E-state index in [2.05, 4.69) is 0 Å². The van der Waals surface area contributed by atoms with E-state index in [1.807, 2.05) is 13.8 Å². The zero-order valence-corrected chi connectivity index (χ0v) is 8.95.